The molecule has 0 aliphatic carbocycles. The third-order valence-corrected chi connectivity index (χ3v) is 14.4. The van der Waals surface area contributed by atoms with Crippen molar-refractivity contribution in [3.8, 4) is 28.7 Å². The van der Waals surface area contributed by atoms with Gasteiger partial charge in [-0.1, -0.05) is 163 Å². The van der Waals surface area contributed by atoms with E-state index >= 15 is 0 Å². The van der Waals surface area contributed by atoms with E-state index in [-0.39, 0.29) is 25.7 Å². The second-order valence-electron chi connectivity index (χ2n) is 12.6. The molecule has 0 spiro atoms. The van der Waals surface area contributed by atoms with Crippen molar-refractivity contribution in [2.75, 3.05) is 14.2 Å². The second-order valence-corrected chi connectivity index (χ2v) is 17.7. The van der Waals surface area contributed by atoms with Crippen molar-refractivity contribution in [1.82, 2.24) is 0 Å². The number of carboxylic acid groups (broad SMARTS) is 1. The maximum absolute atomic E-state index is 10.4. The van der Waals surface area contributed by atoms with E-state index in [1.165, 1.54) is 27.6 Å². The predicted octanol–water partition coefficient (Wildman–Crippen LogP) is 8.68. The Morgan fingerprint density at radius 2 is 1.03 bits per heavy atom. The van der Waals surface area contributed by atoms with E-state index in [0.717, 1.165) is 33.9 Å². The molecular weight excluding hydrogens is 1040 g/mol. The number of aromatic carboxylic acids is 1. The van der Waals surface area contributed by atoms with Crippen molar-refractivity contribution in [2.45, 2.75) is 0 Å². The van der Waals surface area contributed by atoms with Crippen molar-refractivity contribution in [2.24, 2.45) is 0 Å². The second kappa shape index (κ2) is 24.3. The summed E-state index contributed by atoms with van der Waals surface area (Å²) in [5.41, 5.74) is 0.543. The largest absolute Gasteiger partial charge is 3.00 e. The van der Waals surface area contributed by atoms with E-state index in [1.54, 1.807) is 20.3 Å². The minimum atomic E-state index is -1.57. The minimum absolute atomic E-state index is 0. The molecule has 7 rings (SSSR count). The van der Waals surface area contributed by atoms with Crippen molar-refractivity contribution in [1.29, 1.82) is 5.26 Å². The van der Waals surface area contributed by atoms with Gasteiger partial charge in [0.15, 0.2) is 0 Å². The Morgan fingerprint density at radius 1 is 0.694 bits per heavy atom. The van der Waals surface area contributed by atoms with Crippen LogP contribution < -0.4 is 46.4 Å². The molecule has 7 aromatic rings. The molecule has 7 aromatic carbocycles. The topological polar surface area (TPSA) is 126 Å². The van der Waals surface area contributed by atoms with Crippen LogP contribution in [0.15, 0.2) is 158 Å². The van der Waals surface area contributed by atoms with Crippen molar-refractivity contribution in [3.63, 3.8) is 0 Å². The number of nitro groups is 1. The first-order valence-corrected chi connectivity index (χ1v) is 21.8. The maximum Gasteiger partial charge on any atom is 3.00 e. The van der Waals surface area contributed by atoms with Crippen LogP contribution in [0.2, 0.25) is 10.0 Å². The van der Waals surface area contributed by atoms with Crippen molar-refractivity contribution >= 4 is 82.5 Å². The summed E-state index contributed by atoms with van der Waals surface area (Å²) in [5, 5.41) is 37.3. The number of nitriles is 1. The van der Waals surface area contributed by atoms with Gasteiger partial charge in [-0.2, -0.15) is 0 Å². The third-order valence-electron chi connectivity index (χ3n) is 8.84. The number of ether oxygens (including phenoxy) is 2. The molecule has 62 heavy (non-hydrogen) atoms. The number of carbonyl (C=O) groups is 1. The Labute approximate surface area is 388 Å². The Bertz CT molecular complexity index is 2400. The molecule has 0 unspecified atom stereocenters. The number of benzene rings is 7. The van der Waals surface area contributed by atoms with Gasteiger partial charge in [0.25, 0.3) is 0 Å². The number of nitrogens with zero attached hydrogens (tertiary/aromatic N) is 2. The molecule has 0 saturated heterocycles. The number of methoxy groups -OCH3 is 2. The van der Waals surface area contributed by atoms with E-state index in [2.05, 4.69) is 153 Å². The Kier molecular flexibility index (Phi) is 19.3. The summed E-state index contributed by atoms with van der Waals surface area (Å²) in [6.45, 7) is 6.50. The van der Waals surface area contributed by atoms with Crippen LogP contribution >= 0.6 is 39.0 Å². The van der Waals surface area contributed by atoms with Crippen LogP contribution in [-0.2, 0) is 20.1 Å². The van der Waals surface area contributed by atoms with Crippen LogP contribution in [-0.4, -0.2) is 25.1 Å². The van der Waals surface area contributed by atoms with E-state index < -0.39 is 38.0 Å². The van der Waals surface area contributed by atoms with Gasteiger partial charge in [0.1, 0.15) is 11.5 Å². The first-order valence-electron chi connectivity index (χ1n) is 18.4. The summed E-state index contributed by atoms with van der Waals surface area (Å²) in [7, 11) is 1.31. The van der Waals surface area contributed by atoms with Gasteiger partial charge in [0.2, 0.25) is 5.69 Å². The molecule has 3 radical (unpaired) electrons. The Morgan fingerprint density at radius 3 is 1.31 bits per heavy atom. The summed E-state index contributed by atoms with van der Waals surface area (Å²) in [5.74, 6) is -0.375. The molecule has 0 aliphatic rings. The van der Waals surface area contributed by atoms with Gasteiger partial charge in [-0.15, -0.1) is 17.7 Å². The molecule has 0 fully saturated rings. The van der Waals surface area contributed by atoms with Crippen LogP contribution in [0.1, 0.15) is 15.9 Å². The van der Waals surface area contributed by atoms with Crippen LogP contribution in [0.25, 0.3) is 11.1 Å². The smallest absolute Gasteiger partial charge is 0.603 e. The van der Waals surface area contributed by atoms with E-state index in [0.29, 0.717) is 21.5 Å². The molecule has 0 amide bonds. The fourth-order valence-corrected chi connectivity index (χ4v) is 11.7. The number of hydrogen-bond acceptors (Lipinski definition) is 7. The summed E-state index contributed by atoms with van der Waals surface area (Å²) in [4.78, 5) is 19.9. The average Bonchev–Trinajstić information content (AvgIpc) is 3.29. The third kappa shape index (κ3) is 11.7. The van der Waals surface area contributed by atoms with Crippen LogP contribution in [0.4, 0.5) is 5.69 Å². The van der Waals surface area contributed by atoms with Gasteiger partial charge >= 0.3 is 20.1 Å². The average molecular weight is 1070 g/mol. The number of rotatable bonds is 11. The monoisotopic (exact) mass is 1070 g/mol. The van der Waals surface area contributed by atoms with Crippen LogP contribution in [0, 0.1) is 47.8 Å². The first-order chi connectivity index (χ1) is 29.6. The zero-order valence-corrected chi connectivity index (χ0v) is 39.0. The van der Waals surface area contributed by atoms with Gasteiger partial charge < -0.3 is 19.4 Å². The molecule has 8 nitrogen and oxygen atoms in total. The maximum atomic E-state index is 10.4. The molecule has 0 aromatic heterocycles. The SMILES string of the molecule is COc1c(Cl)ccc(P(c2ccccc2)c2ccccc2)c1-c1c(P(c2ccccc2)c2ccccc2)ccc(Cl)c1OC.N#Cc1c[c-]c(C(=O)[O-])cc1[N+](=O)[O-].[CH2][CH][CH2].[Ir+3]. The zero-order valence-electron chi connectivity index (χ0n) is 33.3. The molecule has 311 valence electrons. The van der Waals surface area contributed by atoms with Gasteiger partial charge in [0, 0.05) is 21.6 Å². The van der Waals surface area contributed by atoms with Gasteiger partial charge in [0.05, 0.1) is 30.3 Å². The molecular formula is C49H37Cl2IrN2O6P2+. The normalized spacial score (nSPS) is 10.2. The van der Waals surface area contributed by atoms with Crippen LogP contribution in [0.3, 0.4) is 0 Å². The van der Waals surface area contributed by atoms with E-state index in [9.17, 15) is 20.0 Å². The van der Waals surface area contributed by atoms with Crippen molar-refractivity contribution < 1.29 is 44.4 Å². The van der Waals surface area contributed by atoms with Gasteiger partial charge in [-0.05, 0) is 86.0 Å². The van der Waals surface area contributed by atoms with Gasteiger partial charge in [-0.3, -0.25) is 10.1 Å². The van der Waals surface area contributed by atoms with Crippen molar-refractivity contribution in [3.05, 3.63) is 215 Å². The quantitative estimate of drug-likeness (QED) is 0.0550. The van der Waals surface area contributed by atoms with E-state index in [4.69, 9.17) is 37.9 Å². The first kappa shape index (κ1) is 49.2. The van der Waals surface area contributed by atoms with E-state index in [1.807, 2.05) is 12.1 Å². The molecule has 0 N–H and O–H groups in total. The predicted molar refractivity (Wildman–Crippen MR) is 248 cm³/mol. The summed E-state index contributed by atoms with van der Waals surface area (Å²) < 4.78 is 12.3. The minimum Gasteiger partial charge on any atom is -0.603 e. The molecule has 0 bridgehead atoms. The summed E-state index contributed by atoms with van der Waals surface area (Å²) in [6, 6.07) is 56.1. The molecule has 0 atom stereocenters. The summed E-state index contributed by atoms with van der Waals surface area (Å²) in [6.07, 6.45) is 1.50. The number of carbonyl (C=O) groups excluding carboxylic acids is 1. The number of nitro benzene ring substituents is 1. The van der Waals surface area contributed by atoms with Gasteiger partial charge in [-0.25, -0.2) is 5.26 Å². The molecule has 0 aliphatic heterocycles. The molecule has 0 saturated carbocycles. The molecule has 13 heteroatoms. The zero-order chi connectivity index (χ0) is 43.9. The molecule has 0 heterocycles. The Hall–Kier alpha value is -5.41. The number of halogens is 2. The fourth-order valence-electron chi connectivity index (χ4n) is 6.35. The standard InChI is InChI=1S/C38H30Cl2O2P2.C8H3N2O4.C3H5.Ir/c1-41-37-31(39)23-25-33(43(27-15-7-3-8-16-27)28-17-9-4-10-18-28)35(37)36-34(26-24-32(40)38(36)42-2)44(29-19-11-5-12-20-29)30-21-13-6-14-22-30;9-4-6-2-1-5(8(11)12)3-7(6)10(13)14;1-3-2;/h3-26H,1-2H3;2-3H,(H,11,12);3H,1-2H2;/q;-1;;+3/p-1. The number of carboxylic acids is 1. The Balaban J connectivity index is 0.000000396. The van der Waals surface area contributed by atoms with Crippen LogP contribution in [0.5, 0.6) is 11.5 Å². The summed E-state index contributed by atoms with van der Waals surface area (Å²) >= 11 is 13.9. The number of hydrogen-bond donors (Lipinski definition) is 0. The fraction of sp³-hybridized carbons (Fsp3) is 0.0408.